The summed E-state index contributed by atoms with van der Waals surface area (Å²) in [6, 6.07) is 4.07. The van der Waals surface area contributed by atoms with Crippen molar-refractivity contribution in [3.05, 3.63) is 66.4 Å². The number of carbonyl (C=O) groups excluding carboxylic acids is 6. The first-order chi connectivity index (χ1) is 66.9. The van der Waals surface area contributed by atoms with Crippen molar-refractivity contribution < 1.29 is 63.4 Å². The molecule has 22 rings (SSSR count). The van der Waals surface area contributed by atoms with Crippen molar-refractivity contribution >= 4 is 62.6 Å². The molecule has 0 bridgehead atoms. The van der Waals surface area contributed by atoms with Crippen LogP contribution in [0.15, 0.2) is 49.3 Å². The van der Waals surface area contributed by atoms with Gasteiger partial charge in [0, 0.05) is 86.8 Å². The number of methoxy groups -OCH3 is 3. The number of carbonyl (C=O) groups is 6. The van der Waals surface area contributed by atoms with Crippen LogP contribution in [-0.2, 0) is 64.4 Å². The van der Waals surface area contributed by atoms with E-state index in [-0.39, 0.29) is 87.5 Å². The number of nitrogens with zero attached hydrogens (tertiary/aromatic N) is 12. The second-order valence-corrected chi connectivity index (χ2v) is 52.2. The highest BCUT2D eigenvalue weighted by Crippen LogP contribution is 2.74. The summed E-state index contributed by atoms with van der Waals surface area (Å²) in [5, 5.41) is 77.3. The zero-order chi connectivity index (χ0) is 99.9. The van der Waals surface area contributed by atoms with Crippen LogP contribution >= 0.6 is 0 Å². The number of aryl methyl sites for hydroxylation is 2. The maximum absolute atomic E-state index is 13.7. The third kappa shape index (κ3) is 18.9. The lowest BCUT2D eigenvalue weighted by Gasteiger charge is -2.62. The molecule has 0 radical (unpaired) electrons. The number of fused-ring (bicyclic) bond motifs is 22. The highest BCUT2D eigenvalue weighted by atomic mass is 16.5. The quantitative estimate of drug-likeness (QED) is 0.0365. The van der Waals surface area contributed by atoms with Gasteiger partial charge in [0.15, 0.2) is 34.6 Å². The summed E-state index contributed by atoms with van der Waals surface area (Å²) in [5.74, 6) is 12.1. The van der Waals surface area contributed by atoms with Crippen molar-refractivity contribution in [1.29, 1.82) is 0 Å². The largest absolute Gasteiger partial charge is 0.390 e. The molecule has 774 valence electrons. The van der Waals surface area contributed by atoms with E-state index in [2.05, 4.69) is 107 Å². The van der Waals surface area contributed by atoms with Gasteiger partial charge in [-0.1, -0.05) is 55.4 Å². The summed E-state index contributed by atoms with van der Waals surface area (Å²) in [5.41, 5.74) is 3.30. The third-order valence-corrected chi connectivity index (χ3v) is 44.6. The minimum absolute atomic E-state index is 0.0334. The van der Waals surface area contributed by atoms with Gasteiger partial charge in [-0.05, 0) is 409 Å². The van der Waals surface area contributed by atoms with E-state index in [4.69, 9.17) is 14.2 Å². The van der Waals surface area contributed by atoms with Crippen LogP contribution in [0.1, 0.15) is 329 Å². The normalized spacial score (nSPS) is 42.6. The van der Waals surface area contributed by atoms with Gasteiger partial charge >= 0.3 is 0 Å². The van der Waals surface area contributed by atoms with Gasteiger partial charge < -0.3 is 45.3 Å². The van der Waals surface area contributed by atoms with Gasteiger partial charge in [-0.25, -0.2) is 0 Å². The monoisotopic (exact) mass is 1940 g/mol. The van der Waals surface area contributed by atoms with Crippen molar-refractivity contribution in [3.63, 3.8) is 0 Å². The Kier molecular flexibility index (Phi) is 28.2. The van der Waals surface area contributed by atoms with Crippen LogP contribution in [0, 0.1) is 176 Å². The number of anilines is 1. The van der Waals surface area contributed by atoms with E-state index in [9.17, 15) is 49.2 Å². The minimum atomic E-state index is -0.648. The van der Waals surface area contributed by atoms with Gasteiger partial charge in [-0.15, -0.1) is 10.2 Å². The fourth-order valence-corrected chi connectivity index (χ4v) is 37.3. The molecular formula is C114H170N14O13. The van der Waals surface area contributed by atoms with Crippen molar-refractivity contribution in [3.8, 4) is 0 Å². The molecule has 0 saturated heterocycles. The van der Waals surface area contributed by atoms with Crippen LogP contribution in [0.3, 0.4) is 0 Å². The number of hydrogen-bond acceptors (Lipinski definition) is 21. The average Bonchev–Trinajstić information content (AvgIpc) is 1.63. The van der Waals surface area contributed by atoms with E-state index in [0.29, 0.717) is 150 Å². The predicted molar refractivity (Wildman–Crippen MR) is 539 cm³/mol. The molecule has 6 heterocycles. The molecule has 16 aliphatic rings. The predicted octanol–water partition coefficient (Wildman–Crippen LogP) is 18.5. The second kappa shape index (κ2) is 38.8. The van der Waals surface area contributed by atoms with Crippen molar-refractivity contribution in [2.24, 2.45) is 162 Å². The summed E-state index contributed by atoms with van der Waals surface area (Å²) < 4.78 is 19.4. The average molecular weight is 1940 g/mol. The molecule has 6 aromatic heterocycles. The fourth-order valence-electron chi connectivity index (χ4n) is 37.3. The topological polar surface area (TPSA) is 358 Å². The molecule has 16 saturated carbocycles. The first-order valence-electron chi connectivity index (χ1n) is 55.3. The Labute approximate surface area is 836 Å². The Morgan fingerprint density at radius 3 is 1.21 bits per heavy atom. The zero-order valence-corrected chi connectivity index (χ0v) is 88.1. The Hall–Kier alpha value is -7.14. The molecule has 32 atom stereocenters. The lowest BCUT2D eigenvalue weighted by Crippen LogP contribution is -2.57. The summed E-state index contributed by atoms with van der Waals surface area (Å²) in [7, 11) is 4.99. The highest BCUT2D eigenvalue weighted by Gasteiger charge is 2.68. The van der Waals surface area contributed by atoms with Gasteiger partial charge in [-0.2, -0.15) is 30.0 Å². The van der Waals surface area contributed by atoms with E-state index in [1.54, 1.807) is 27.5 Å². The maximum atomic E-state index is 13.7. The van der Waals surface area contributed by atoms with Crippen LogP contribution < -0.4 is 10.6 Å². The number of Topliss-reactive ketones (excluding diaryl/α,β-unsaturated/α-hetero) is 4. The number of aromatic nitrogens is 12. The number of nitrogens with one attached hydrogen (secondary N) is 2. The van der Waals surface area contributed by atoms with Crippen molar-refractivity contribution in [1.82, 2.24) is 64.8 Å². The molecule has 141 heavy (non-hydrogen) atoms. The Bertz CT molecular complexity index is 5580. The minimum Gasteiger partial charge on any atom is -0.390 e. The molecule has 0 unspecified atom stereocenters. The van der Waals surface area contributed by atoms with Gasteiger partial charge in [0.2, 0.25) is 5.91 Å². The maximum Gasteiger partial charge on any atom is 0.273 e. The van der Waals surface area contributed by atoms with Crippen LogP contribution in [0.4, 0.5) is 5.82 Å². The molecule has 0 aliphatic heterocycles. The van der Waals surface area contributed by atoms with Crippen LogP contribution in [0.2, 0.25) is 0 Å². The lowest BCUT2D eigenvalue weighted by atomic mass is 9.44. The summed E-state index contributed by atoms with van der Waals surface area (Å²) in [6.45, 7) is 31.9. The zero-order valence-electron chi connectivity index (χ0n) is 88.1. The van der Waals surface area contributed by atoms with E-state index < -0.39 is 22.4 Å². The number of rotatable bonds is 21. The van der Waals surface area contributed by atoms with Gasteiger partial charge in [0.1, 0.15) is 25.2 Å². The molecular weight excluding hydrogens is 1770 g/mol. The Balaban J connectivity index is 0.000000120. The second-order valence-electron chi connectivity index (χ2n) is 52.2. The number of amides is 2. The molecule has 27 heteroatoms. The smallest absolute Gasteiger partial charge is 0.273 e. The standard InChI is InChI=1S/2C30H43N3O3.C28H44N4O4.C26H40N4O3/c1-19-13-20-16-33(32-26(20)15-31-19)17-27(34)25-8-7-23-22-6-5-21-14-30(35,18-36-4)12-11-28(21,2)24(22)9-10-29(23,25)3;1-19-13-20-15-32-33(26(20)16-31-19)17-27(34)25-8-7-23-22-6-5-21-14-30(35,18-36-4)12-11-28(21,2)24(22)9-10-29(23,25)3;1-26(35)11-12-27(2)18(15-26)5-6-19-20-7-8-22(28(20,3)10-9-21(19)27)24(33)17-32-30-16-23(31-32)25(34)29-13-14-36-4;1-16(31)28-23-14-27-30(29-23)15-22(32)21-8-7-19-18-6-5-17-13-24(2,33)11-12-25(17,3)20(18)9-10-26(19,21)4/h2*13,15-16,21-25,35H,5-12,14,17-18H2,1-4H3;16,18-22,35H,5-15,17H2,1-4H3,(H,29,34);14,17-21,33H,5-13,15H2,1-4H3,(H,28,29,31)/t2*21-,22-,23-,24-,25+,28-,29-,30+;18-,19+,20+,21+,22-,26-,27+,28+;17-,18+,19+,20+,21-,24-,25+,26+/m0011/s1. The van der Waals surface area contributed by atoms with E-state index >= 15 is 0 Å². The number of ketones is 4. The fraction of sp³-hybridized carbons (Fsp3) is 0.807. The number of aliphatic hydroxyl groups is 4. The Morgan fingerprint density at radius 1 is 0.390 bits per heavy atom. The molecule has 16 aliphatic carbocycles. The van der Waals surface area contributed by atoms with E-state index in [0.717, 1.165) is 198 Å². The first-order valence-corrected chi connectivity index (χ1v) is 55.3. The van der Waals surface area contributed by atoms with Crippen molar-refractivity contribution in [2.75, 3.05) is 53.0 Å². The molecule has 6 N–H and O–H groups in total. The lowest BCUT2D eigenvalue weighted by molar-refractivity contribution is -0.164. The number of hydrogen-bond donors (Lipinski definition) is 6. The molecule has 6 aromatic rings. The Morgan fingerprint density at radius 2 is 0.780 bits per heavy atom. The van der Waals surface area contributed by atoms with Crippen molar-refractivity contribution in [2.45, 2.75) is 370 Å². The number of ether oxygens (including phenoxy) is 3. The highest BCUT2D eigenvalue weighted by molar-refractivity contribution is 5.92. The molecule has 2 amide bonds. The molecule has 27 nitrogen and oxygen atoms in total. The van der Waals surface area contributed by atoms with Crippen LogP contribution in [-0.4, -0.2) is 185 Å². The number of pyridine rings is 2. The van der Waals surface area contributed by atoms with Crippen LogP contribution in [0.5, 0.6) is 0 Å². The molecule has 0 spiro atoms. The summed E-state index contributed by atoms with van der Waals surface area (Å²) in [4.78, 5) is 89.5. The van der Waals surface area contributed by atoms with E-state index in [1.165, 1.54) is 119 Å². The van der Waals surface area contributed by atoms with Gasteiger partial charge in [-0.3, -0.25) is 48.1 Å². The molecule has 16 fully saturated rings. The van der Waals surface area contributed by atoms with Gasteiger partial charge in [0.05, 0.1) is 85.3 Å². The summed E-state index contributed by atoms with van der Waals surface area (Å²) in [6.07, 6.45) is 50.0. The van der Waals surface area contributed by atoms with Gasteiger partial charge in [0.25, 0.3) is 5.91 Å². The third-order valence-electron chi connectivity index (χ3n) is 44.6. The van der Waals surface area contributed by atoms with Crippen LogP contribution in [0.25, 0.3) is 21.8 Å². The SMILES string of the molecule is CC(=O)Nc1cnn(CC(=O)[C@H]2CC[C@H]3[C@@H]4CC[C@@H]5C[C@](C)(O)CC[C@]5(C)[C@H]4CC[C@]23C)n1.COCCNC(=O)c1cnn(CC(=O)[C@H]2CC[C@H]3[C@@H]4CC[C@@H]5C[C@](C)(O)CC[C@]5(C)[C@H]4CC[C@]23C)n1.COC[C@@]1(O)CC[C@@]2(C)[C@@H](CC[C@@H]3[C@@H]2CC[C@]2(C)[C@@H](C(=O)Cn4cc5cc(C)ncc5n4)CC[C@@H]32)C1.COC[C@@]1(O)CC[C@@]2(C)[C@@H](CC[C@@H]3[C@@H]2CC[C@]2(C)[C@@H](C(=O)Cn4ncc5cc(C)ncc54)CC[C@@H]32)C1. The van der Waals surface area contributed by atoms with E-state index in [1.807, 2.05) is 67.8 Å². The first kappa shape index (κ1) is 102. The molecule has 0 aromatic carbocycles. The summed E-state index contributed by atoms with van der Waals surface area (Å²) >= 11 is 0.